The molecular formula is C18H20FN3O2. The van der Waals surface area contributed by atoms with E-state index in [9.17, 15) is 9.18 Å². The van der Waals surface area contributed by atoms with Gasteiger partial charge in [-0.15, -0.1) is 0 Å². The van der Waals surface area contributed by atoms with E-state index in [-0.39, 0.29) is 24.2 Å². The molecule has 0 saturated carbocycles. The number of hydrogen-bond acceptors (Lipinski definition) is 4. The maximum Gasteiger partial charge on any atom is 0.226 e. The maximum atomic E-state index is 13.0. The van der Waals surface area contributed by atoms with Gasteiger partial charge in [0.05, 0.1) is 12.1 Å². The van der Waals surface area contributed by atoms with Gasteiger partial charge in [0, 0.05) is 23.7 Å². The number of carbonyl (C=O) groups excluding carboxylic acids is 1. The molecular weight excluding hydrogens is 309 g/mol. The Morgan fingerprint density at radius 3 is 2.67 bits per heavy atom. The van der Waals surface area contributed by atoms with Crippen molar-refractivity contribution < 1.29 is 13.6 Å². The Morgan fingerprint density at radius 1 is 1.25 bits per heavy atom. The van der Waals surface area contributed by atoms with Crippen molar-refractivity contribution in [3.63, 3.8) is 0 Å². The third-order valence-electron chi connectivity index (χ3n) is 4.82. The smallest absolute Gasteiger partial charge is 0.226 e. The SMILES string of the molecule is O=C(Cc1coc(-c2ccc(F)cc2)n1)NC1CC2CCC(C1)N2. The predicted molar refractivity (Wildman–Crippen MR) is 86.7 cm³/mol. The molecule has 2 N–H and O–H groups in total. The van der Waals surface area contributed by atoms with Gasteiger partial charge < -0.3 is 15.1 Å². The van der Waals surface area contributed by atoms with Crippen LogP contribution in [0.4, 0.5) is 4.39 Å². The topological polar surface area (TPSA) is 67.2 Å². The average Bonchev–Trinajstić information content (AvgIpc) is 3.14. The Balaban J connectivity index is 1.35. The molecule has 0 radical (unpaired) electrons. The van der Waals surface area contributed by atoms with E-state index in [4.69, 9.17) is 4.42 Å². The first-order valence-corrected chi connectivity index (χ1v) is 8.41. The molecule has 24 heavy (non-hydrogen) atoms. The number of piperidine rings is 1. The molecule has 1 aromatic heterocycles. The Hall–Kier alpha value is -2.21. The van der Waals surface area contributed by atoms with Crippen LogP contribution in [-0.4, -0.2) is 29.0 Å². The second-order valence-corrected chi connectivity index (χ2v) is 6.70. The van der Waals surface area contributed by atoms with E-state index in [1.54, 1.807) is 12.1 Å². The fourth-order valence-electron chi connectivity index (χ4n) is 3.73. The highest BCUT2D eigenvalue weighted by Gasteiger charge is 2.33. The number of rotatable bonds is 4. The largest absolute Gasteiger partial charge is 0.444 e. The van der Waals surface area contributed by atoms with E-state index >= 15 is 0 Å². The number of carbonyl (C=O) groups is 1. The number of benzene rings is 1. The van der Waals surface area contributed by atoms with Crippen molar-refractivity contribution in [2.24, 2.45) is 0 Å². The van der Waals surface area contributed by atoms with E-state index in [1.807, 2.05) is 0 Å². The molecule has 4 rings (SSSR count). The molecule has 5 nitrogen and oxygen atoms in total. The van der Waals surface area contributed by atoms with Crippen LogP contribution in [0.25, 0.3) is 11.5 Å². The maximum absolute atomic E-state index is 13.0. The summed E-state index contributed by atoms with van der Waals surface area (Å²) in [6.45, 7) is 0. The number of fused-ring (bicyclic) bond motifs is 2. The first-order chi connectivity index (χ1) is 11.7. The van der Waals surface area contributed by atoms with Crippen molar-refractivity contribution in [3.05, 3.63) is 42.0 Å². The third kappa shape index (κ3) is 3.33. The molecule has 2 aliphatic rings. The summed E-state index contributed by atoms with van der Waals surface area (Å²) >= 11 is 0. The quantitative estimate of drug-likeness (QED) is 0.904. The molecule has 0 aliphatic carbocycles. The predicted octanol–water partition coefficient (Wildman–Crippen LogP) is 2.42. The van der Waals surface area contributed by atoms with Gasteiger partial charge >= 0.3 is 0 Å². The Labute approximate surface area is 139 Å². The molecule has 3 heterocycles. The lowest BCUT2D eigenvalue weighted by atomic mass is 9.99. The highest BCUT2D eigenvalue weighted by molar-refractivity contribution is 5.78. The van der Waals surface area contributed by atoms with E-state index in [1.165, 1.54) is 31.2 Å². The zero-order valence-corrected chi connectivity index (χ0v) is 13.3. The van der Waals surface area contributed by atoms with Crippen LogP contribution in [0.5, 0.6) is 0 Å². The van der Waals surface area contributed by atoms with Crippen molar-refractivity contribution in [2.45, 2.75) is 50.2 Å². The monoisotopic (exact) mass is 329 g/mol. The number of nitrogens with one attached hydrogen (secondary N) is 2. The molecule has 0 spiro atoms. The fraction of sp³-hybridized carbons (Fsp3) is 0.444. The van der Waals surface area contributed by atoms with E-state index in [2.05, 4.69) is 15.6 Å². The Kier molecular flexibility index (Phi) is 4.06. The lowest BCUT2D eigenvalue weighted by Gasteiger charge is -2.29. The summed E-state index contributed by atoms with van der Waals surface area (Å²) in [6, 6.07) is 7.28. The lowest BCUT2D eigenvalue weighted by molar-refractivity contribution is -0.121. The zero-order chi connectivity index (χ0) is 16.5. The van der Waals surface area contributed by atoms with Crippen LogP contribution >= 0.6 is 0 Å². The first-order valence-electron chi connectivity index (χ1n) is 8.41. The number of amides is 1. The van der Waals surface area contributed by atoms with Crippen LogP contribution in [0.2, 0.25) is 0 Å². The van der Waals surface area contributed by atoms with Crippen LogP contribution in [0.1, 0.15) is 31.4 Å². The van der Waals surface area contributed by atoms with E-state index in [0.29, 0.717) is 29.2 Å². The van der Waals surface area contributed by atoms with Gasteiger partial charge in [0.15, 0.2) is 0 Å². The normalized spacial score (nSPS) is 25.6. The van der Waals surface area contributed by atoms with E-state index in [0.717, 1.165) is 12.8 Å². The molecule has 2 saturated heterocycles. The molecule has 2 unspecified atom stereocenters. The van der Waals surface area contributed by atoms with Crippen LogP contribution in [0, 0.1) is 5.82 Å². The number of hydrogen-bond donors (Lipinski definition) is 2. The van der Waals surface area contributed by atoms with Gasteiger partial charge in [0.25, 0.3) is 0 Å². The molecule has 126 valence electrons. The highest BCUT2D eigenvalue weighted by Crippen LogP contribution is 2.26. The van der Waals surface area contributed by atoms with Crippen molar-refractivity contribution in [1.29, 1.82) is 0 Å². The Morgan fingerprint density at radius 2 is 1.96 bits per heavy atom. The standard InChI is InChI=1S/C18H20FN3O2/c19-12-3-1-11(2-4-12)18-22-16(10-24-18)9-17(23)21-15-7-13-5-6-14(8-15)20-13/h1-4,10,13-15,20H,5-9H2,(H,21,23). The fourth-order valence-corrected chi connectivity index (χ4v) is 3.73. The second kappa shape index (κ2) is 6.36. The summed E-state index contributed by atoms with van der Waals surface area (Å²) in [5.41, 5.74) is 1.28. The van der Waals surface area contributed by atoms with Gasteiger partial charge in [0.2, 0.25) is 11.8 Å². The van der Waals surface area contributed by atoms with Crippen molar-refractivity contribution in [3.8, 4) is 11.5 Å². The third-order valence-corrected chi connectivity index (χ3v) is 4.82. The molecule has 1 amide bonds. The zero-order valence-electron chi connectivity index (χ0n) is 13.3. The molecule has 2 atom stereocenters. The van der Waals surface area contributed by atoms with Gasteiger partial charge in [-0.1, -0.05) is 0 Å². The first kappa shape index (κ1) is 15.3. The van der Waals surface area contributed by atoms with Gasteiger partial charge in [-0.2, -0.15) is 0 Å². The molecule has 2 aromatic rings. The van der Waals surface area contributed by atoms with Crippen LogP contribution in [0.15, 0.2) is 34.9 Å². The summed E-state index contributed by atoms with van der Waals surface area (Å²) in [7, 11) is 0. The average molecular weight is 329 g/mol. The molecule has 2 fully saturated rings. The molecule has 2 aliphatic heterocycles. The molecule has 6 heteroatoms. The minimum Gasteiger partial charge on any atom is -0.444 e. The molecule has 2 bridgehead atoms. The minimum atomic E-state index is -0.305. The number of halogens is 1. The van der Waals surface area contributed by atoms with Gasteiger partial charge in [0.1, 0.15) is 12.1 Å². The van der Waals surface area contributed by atoms with Crippen LogP contribution in [0.3, 0.4) is 0 Å². The lowest BCUT2D eigenvalue weighted by Crippen LogP contribution is -2.48. The summed E-state index contributed by atoms with van der Waals surface area (Å²) in [4.78, 5) is 16.6. The number of aromatic nitrogens is 1. The summed E-state index contributed by atoms with van der Waals surface area (Å²) < 4.78 is 18.4. The van der Waals surface area contributed by atoms with Gasteiger partial charge in [-0.25, -0.2) is 9.37 Å². The van der Waals surface area contributed by atoms with Gasteiger partial charge in [-0.3, -0.25) is 4.79 Å². The van der Waals surface area contributed by atoms with Gasteiger partial charge in [-0.05, 0) is 49.9 Å². The summed E-state index contributed by atoms with van der Waals surface area (Å²) in [5.74, 6) is 0.0683. The second-order valence-electron chi connectivity index (χ2n) is 6.70. The number of nitrogens with zero attached hydrogens (tertiary/aromatic N) is 1. The summed E-state index contributed by atoms with van der Waals surface area (Å²) in [5, 5.41) is 6.68. The minimum absolute atomic E-state index is 0.0275. The van der Waals surface area contributed by atoms with E-state index < -0.39 is 0 Å². The van der Waals surface area contributed by atoms with Crippen LogP contribution < -0.4 is 10.6 Å². The van der Waals surface area contributed by atoms with Crippen molar-refractivity contribution in [1.82, 2.24) is 15.6 Å². The highest BCUT2D eigenvalue weighted by atomic mass is 19.1. The molecule has 1 aromatic carbocycles. The Bertz CT molecular complexity index is 716. The van der Waals surface area contributed by atoms with Crippen molar-refractivity contribution in [2.75, 3.05) is 0 Å². The van der Waals surface area contributed by atoms with Crippen LogP contribution in [-0.2, 0) is 11.2 Å². The number of oxazole rings is 1. The van der Waals surface area contributed by atoms with Crippen molar-refractivity contribution >= 4 is 5.91 Å². The summed E-state index contributed by atoms with van der Waals surface area (Å²) in [6.07, 6.45) is 6.11.